The van der Waals surface area contributed by atoms with Crippen LogP contribution < -0.4 is 14.9 Å². The number of carbonyl (C=O) groups is 1. The Kier molecular flexibility index (Phi) is 5.18. The van der Waals surface area contributed by atoms with Crippen LogP contribution in [0.5, 0.6) is 0 Å². The highest BCUT2D eigenvalue weighted by molar-refractivity contribution is 7.92. The highest BCUT2D eigenvalue weighted by atomic mass is 32.2. The van der Waals surface area contributed by atoms with Crippen molar-refractivity contribution in [2.24, 2.45) is 0 Å². The summed E-state index contributed by atoms with van der Waals surface area (Å²) in [6, 6.07) is 12.8. The van der Waals surface area contributed by atoms with Crippen LogP contribution in [0.15, 0.2) is 42.5 Å². The number of hydrogen-bond donors (Lipinski definition) is 2. The van der Waals surface area contributed by atoms with Gasteiger partial charge in [0, 0.05) is 18.8 Å². The minimum absolute atomic E-state index is 0.0533. The summed E-state index contributed by atoms with van der Waals surface area (Å²) in [5, 5.41) is 5.39. The van der Waals surface area contributed by atoms with E-state index in [2.05, 4.69) is 10.6 Å². The fraction of sp³-hybridized carbons (Fsp3) is 0.316. The molecule has 0 unspecified atom stereocenters. The Morgan fingerprint density at radius 2 is 1.88 bits per heavy atom. The van der Waals surface area contributed by atoms with Gasteiger partial charge in [-0.2, -0.15) is 0 Å². The smallest absolute Gasteiger partial charge is 0.319 e. The molecule has 1 heterocycles. The average molecular weight is 373 g/mol. The minimum atomic E-state index is -3.47. The van der Waals surface area contributed by atoms with Gasteiger partial charge < -0.3 is 10.6 Å². The number of para-hydroxylation sites is 1. The molecule has 0 radical (unpaired) electrons. The van der Waals surface area contributed by atoms with Gasteiger partial charge in [0.05, 0.1) is 11.4 Å². The van der Waals surface area contributed by atoms with Crippen LogP contribution in [0.1, 0.15) is 16.7 Å². The number of carbonyl (C=O) groups excluding carboxylic acids is 1. The third kappa shape index (κ3) is 3.83. The Labute approximate surface area is 154 Å². The molecule has 138 valence electrons. The maximum absolute atomic E-state index is 12.6. The van der Waals surface area contributed by atoms with Gasteiger partial charge in [-0.3, -0.25) is 4.31 Å². The number of benzene rings is 2. The third-order valence-electron chi connectivity index (χ3n) is 4.68. The molecule has 2 aromatic rings. The summed E-state index contributed by atoms with van der Waals surface area (Å²) in [7, 11) is -3.47. The van der Waals surface area contributed by atoms with Crippen LogP contribution in [0.2, 0.25) is 0 Å². The molecule has 0 spiro atoms. The first-order valence-corrected chi connectivity index (χ1v) is 10.2. The number of nitrogens with one attached hydrogen (secondary N) is 2. The maximum atomic E-state index is 12.6. The van der Waals surface area contributed by atoms with Crippen molar-refractivity contribution >= 4 is 27.4 Å². The van der Waals surface area contributed by atoms with E-state index in [1.54, 1.807) is 0 Å². The van der Waals surface area contributed by atoms with Crippen LogP contribution in [0.25, 0.3) is 0 Å². The highest BCUT2D eigenvalue weighted by Crippen LogP contribution is 2.29. The summed E-state index contributed by atoms with van der Waals surface area (Å²) in [5.74, 6) is -0.137. The number of urea groups is 1. The van der Waals surface area contributed by atoms with E-state index in [0.717, 1.165) is 34.5 Å². The number of anilines is 2. The molecule has 1 aliphatic rings. The fourth-order valence-electron chi connectivity index (χ4n) is 3.05. The van der Waals surface area contributed by atoms with Crippen LogP contribution >= 0.6 is 0 Å². The Hall–Kier alpha value is -2.54. The molecule has 26 heavy (non-hydrogen) atoms. The number of fused-ring (bicyclic) bond motifs is 1. The molecule has 0 bridgehead atoms. The SMILES string of the molecule is Cc1cccc(NC(=O)NCCS(=O)(=O)N2CCc3ccccc32)c1C. The van der Waals surface area contributed by atoms with Gasteiger partial charge in [0.2, 0.25) is 10.0 Å². The zero-order valence-electron chi connectivity index (χ0n) is 15.0. The standard InChI is InChI=1S/C19H23N3O3S/c1-14-6-5-8-17(15(14)2)21-19(23)20-11-13-26(24,25)22-12-10-16-7-3-4-9-18(16)22/h3-9H,10-13H2,1-2H3,(H2,20,21,23). The number of nitrogens with zero attached hydrogens (tertiary/aromatic N) is 1. The Balaban J connectivity index is 1.56. The summed E-state index contributed by atoms with van der Waals surface area (Å²) in [5.41, 5.74) is 4.57. The molecule has 2 amide bonds. The van der Waals surface area contributed by atoms with E-state index in [9.17, 15) is 13.2 Å². The summed E-state index contributed by atoms with van der Waals surface area (Å²) in [4.78, 5) is 12.1. The van der Waals surface area contributed by atoms with Crippen molar-refractivity contribution < 1.29 is 13.2 Å². The Morgan fingerprint density at radius 1 is 1.12 bits per heavy atom. The molecule has 0 atom stereocenters. The summed E-state index contributed by atoms with van der Waals surface area (Å²) in [6.45, 7) is 4.41. The first-order valence-electron chi connectivity index (χ1n) is 8.58. The average Bonchev–Trinajstić information content (AvgIpc) is 3.04. The molecular weight excluding hydrogens is 350 g/mol. The van der Waals surface area contributed by atoms with Gasteiger partial charge in [-0.1, -0.05) is 30.3 Å². The topological polar surface area (TPSA) is 78.5 Å². The molecule has 6 nitrogen and oxygen atoms in total. The lowest BCUT2D eigenvalue weighted by Gasteiger charge is -2.19. The number of hydrogen-bond acceptors (Lipinski definition) is 3. The summed E-state index contributed by atoms with van der Waals surface area (Å²) >= 11 is 0. The van der Waals surface area contributed by atoms with Crippen molar-refractivity contribution in [2.45, 2.75) is 20.3 Å². The molecule has 7 heteroatoms. The normalized spacial score (nSPS) is 13.4. The monoisotopic (exact) mass is 373 g/mol. The lowest BCUT2D eigenvalue weighted by atomic mass is 10.1. The van der Waals surface area contributed by atoms with Crippen molar-refractivity contribution in [2.75, 3.05) is 28.5 Å². The predicted molar refractivity (Wildman–Crippen MR) is 104 cm³/mol. The molecule has 0 aromatic heterocycles. The molecule has 0 saturated carbocycles. The van der Waals surface area contributed by atoms with E-state index < -0.39 is 16.1 Å². The van der Waals surface area contributed by atoms with Crippen LogP contribution in [0, 0.1) is 13.8 Å². The first kappa shape index (κ1) is 18.3. The second kappa shape index (κ2) is 7.37. The zero-order valence-corrected chi connectivity index (χ0v) is 15.8. The quantitative estimate of drug-likeness (QED) is 0.846. The minimum Gasteiger partial charge on any atom is -0.337 e. The van der Waals surface area contributed by atoms with Gasteiger partial charge in [0.1, 0.15) is 0 Å². The zero-order chi connectivity index (χ0) is 18.7. The highest BCUT2D eigenvalue weighted by Gasteiger charge is 2.28. The molecule has 1 aliphatic heterocycles. The second-order valence-corrected chi connectivity index (χ2v) is 8.41. The molecule has 3 rings (SSSR count). The number of aryl methyl sites for hydroxylation is 1. The van der Waals surface area contributed by atoms with Gasteiger partial charge in [-0.15, -0.1) is 0 Å². The lowest BCUT2D eigenvalue weighted by molar-refractivity contribution is 0.252. The number of rotatable bonds is 5. The number of sulfonamides is 1. The summed E-state index contributed by atoms with van der Waals surface area (Å²) < 4.78 is 26.6. The van der Waals surface area contributed by atoms with E-state index in [0.29, 0.717) is 6.54 Å². The largest absolute Gasteiger partial charge is 0.337 e. The predicted octanol–water partition coefficient (Wildman–Crippen LogP) is 2.82. The van der Waals surface area contributed by atoms with Crippen LogP contribution in [0.4, 0.5) is 16.2 Å². The first-order chi connectivity index (χ1) is 12.4. The van der Waals surface area contributed by atoms with Crippen LogP contribution in [0.3, 0.4) is 0 Å². The molecule has 0 saturated heterocycles. The van der Waals surface area contributed by atoms with E-state index in [1.165, 1.54) is 4.31 Å². The number of amides is 2. The van der Waals surface area contributed by atoms with Crippen molar-refractivity contribution in [1.82, 2.24) is 5.32 Å². The van der Waals surface area contributed by atoms with Crippen molar-refractivity contribution in [3.05, 3.63) is 59.2 Å². The van der Waals surface area contributed by atoms with Crippen molar-refractivity contribution in [1.29, 1.82) is 0 Å². The lowest BCUT2D eigenvalue weighted by Crippen LogP contribution is -2.38. The maximum Gasteiger partial charge on any atom is 0.319 e. The van der Waals surface area contributed by atoms with Gasteiger partial charge in [0.25, 0.3) is 0 Å². The van der Waals surface area contributed by atoms with Gasteiger partial charge in [-0.05, 0) is 49.1 Å². The van der Waals surface area contributed by atoms with Crippen molar-refractivity contribution in [3.8, 4) is 0 Å². The second-order valence-electron chi connectivity index (χ2n) is 6.40. The van der Waals surface area contributed by atoms with Gasteiger partial charge in [-0.25, -0.2) is 13.2 Å². The third-order valence-corrected chi connectivity index (χ3v) is 6.45. The van der Waals surface area contributed by atoms with E-state index in [-0.39, 0.29) is 12.3 Å². The Morgan fingerprint density at radius 3 is 2.69 bits per heavy atom. The van der Waals surface area contributed by atoms with E-state index in [4.69, 9.17) is 0 Å². The van der Waals surface area contributed by atoms with Crippen LogP contribution in [-0.2, 0) is 16.4 Å². The van der Waals surface area contributed by atoms with E-state index in [1.807, 2.05) is 56.3 Å². The molecule has 0 fully saturated rings. The fourth-order valence-corrected chi connectivity index (χ4v) is 4.48. The molecule has 2 aromatic carbocycles. The summed E-state index contributed by atoms with van der Waals surface area (Å²) in [6.07, 6.45) is 0.718. The Bertz CT molecular complexity index is 925. The van der Waals surface area contributed by atoms with Crippen molar-refractivity contribution in [3.63, 3.8) is 0 Å². The van der Waals surface area contributed by atoms with Crippen LogP contribution in [-0.4, -0.2) is 33.3 Å². The molecule has 0 aliphatic carbocycles. The molecule has 2 N–H and O–H groups in total. The van der Waals surface area contributed by atoms with Gasteiger partial charge >= 0.3 is 6.03 Å². The van der Waals surface area contributed by atoms with Gasteiger partial charge in [0.15, 0.2) is 0 Å². The van der Waals surface area contributed by atoms with E-state index >= 15 is 0 Å². The molecular formula is C19H23N3O3S.